The van der Waals surface area contributed by atoms with Crippen molar-refractivity contribution in [3.8, 4) is 0 Å². The lowest BCUT2D eigenvalue weighted by molar-refractivity contribution is -0.139. The highest BCUT2D eigenvalue weighted by Gasteiger charge is 2.42. The fourth-order valence-electron chi connectivity index (χ4n) is 4.09. The monoisotopic (exact) mass is 348 g/mol. The molecule has 1 spiro atoms. The Kier molecular flexibility index (Phi) is 5.37. The summed E-state index contributed by atoms with van der Waals surface area (Å²) in [6, 6.07) is 6.08. The molecular formula is C19H25FN2O3. The van der Waals surface area contributed by atoms with Crippen LogP contribution < -0.4 is 0 Å². The van der Waals surface area contributed by atoms with Crippen LogP contribution in [0.3, 0.4) is 0 Å². The van der Waals surface area contributed by atoms with E-state index >= 15 is 0 Å². The molecule has 5 nitrogen and oxygen atoms in total. The number of piperidine rings is 2. The Labute approximate surface area is 147 Å². The minimum Gasteiger partial charge on any atom is -0.396 e. The van der Waals surface area contributed by atoms with E-state index in [2.05, 4.69) is 0 Å². The van der Waals surface area contributed by atoms with Crippen molar-refractivity contribution in [3.63, 3.8) is 0 Å². The SMILES string of the molecule is O=C1CC[C@]2(CCCN(C(=O)c3ccccc3F)C2)CN1CCCO. The lowest BCUT2D eigenvalue weighted by Gasteiger charge is -2.48. The molecule has 2 heterocycles. The zero-order valence-corrected chi connectivity index (χ0v) is 14.4. The van der Waals surface area contributed by atoms with Gasteiger partial charge in [-0.15, -0.1) is 0 Å². The van der Waals surface area contributed by atoms with Gasteiger partial charge < -0.3 is 14.9 Å². The third kappa shape index (κ3) is 3.84. The van der Waals surface area contributed by atoms with Crippen molar-refractivity contribution in [1.82, 2.24) is 9.80 Å². The molecule has 2 aliphatic heterocycles. The largest absolute Gasteiger partial charge is 0.396 e. The molecule has 25 heavy (non-hydrogen) atoms. The smallest absolute Gasteiger partial charge is 0.256 e. The lowest BCUT2D eigenvalue weighted by atomic mass is 9.73. The van der Waals surface area contributed by atoms with Crippen molar-refractivity contribution in [2.24, 2.45) is 5.41 Å². The second-order valence-corrected chi connectivity index (χ2v) is 7.20. The number of rotatable bonds is 4. The molecule has 2 fully saturated rings. The van der Waals surface area contributed by atoms with Crippen LogP contribution in [0.1, 0.15) is 42.5 Å². The van der Waals surface area contributed by atoms with Gasteiger partial charge in [-0.2, -0.15) is 0 Å². The van der Waals surface area contributed by atoms with Gasteiger partial charge in [0, 0.05) is 44.6 Å². The molecule has 136 valence electrons. The number of halogens is 1. The van der Waals surface area contributed by atoms with Crippen LogP contribution in [0.4, 0.5) is 4.39 Å². The number of carbonyl (C=O) groups is 2. The summed E-state index contributed by atoms with van der Waals surface area (Å²) in [5.41, 5.74) is 0.00582. The summed E-state index contributed by atoms with van der Waals surface area (Å²) in [5, 5.41) is 9.03. The Morgan fingerprint density at radius 1 is 1.24 bits per heavy atom. The van der Waals surface area contributed by atoms with E-state index < -0.39 is 5.82 Å². The van der Waals surface area contributed by atoms with E-state index in [4.69, 9.17) is 5.11 Å². The van der Waals surface area contributed by atoms with E-state index in [9.17, 15) is 14.0 Å². The molecular weight excluding hydrogens is 323 g/mol. The van der Waals surface area contributed by atoms with Crippen molar-refractivity contribution in [2.45, 2.75) is 32.1 Å². The first kappa shape index (κ1) is 17.9. The van der Waals surface area contributed by atoms with Gasteiger partial charge in [-0.3, -0.25) is 9.59 Å². The zero-order valence-electron chi connectivity index (χ0n) is 14.4. The van der Waals surface area contributed by atoms with Crippen molar-refractivity contribution in [1.29, 1.82) is 0 Å². The Morgan fingerprint density at radius 2 is 2.04 bits per heavy atom. The van der Waals surface area contributed by atoms with Crippen LogP contribution in [0.5, 0.6) is 0 Å². The maximum atomic E-state index is 14.0. The molecule has 0 radical (unpaired) electrons. The third-order valence-electron chi connectivity index (χ3n) is 5.39. The molecule has 1 aromatic carbocycles. The van der Waals surface area contributed by atoms with Crippen molar-refractivity contribution in [3.05, 3.63) is 35.6 Å². The van der Waals surface area contributed by atoms with Gasteiger partial charge in [0.05, 0.1) is 5.56 Å². The van der Waals surface area contributed by atoms with Gasteiger partial charge in [-0.25, -0.2) is 4.39 Å². The lowest BCUT2D eigenvalue weighted by Crippen LogP contribution is -2.55. The number of aliphatic hydroxyl groups excluding tert-OH is 1. The van der Waals surface area contributed by atoms with Crippen LogP contribution in [0.2, 0.25) is 0 Å². The summed E-state index contributed by atoms with van der Waals surface area (Å²) in [6.07, 6.45) is 3.65. The fourth-order valence-corrected chi connectivity index (χ4v) is 4.09. The molecule has 0 unspecified atom stereocenters. The minimum atomic E-state index is -0.490. The van der Waals surface area contributed by atoms with Gasteiger partial charge in [0.25, 0.3) is 5.91 Å². The first-order valence-electron chi connectivity index (χ1n) is 8.97. The standard InChI is InChI=1S/C19H25FN2O3/c20-16-6-2-1-5-15(16)18(25)22-10-3-8-19(14-22)9-7-17(24)21(13-19)11-4-12-23/h1-2,5-6,23H,3-4,7-14H2/t19-/m1/s1. The normalized spacial score (nSPS) is 24.0. The highest BCUT2D eigenvalue weighted by atomic mass is 19.1. The summed E-state index contributed by atoms with van der Waals surface area (Å²) in [6.45, 7) is 2.42. The molecule has 0 aromatic heterocycles. The van der Waals surface area contributed by atoms with E-state index in [1.165, 1.54) is 12.1 Å². The molecule has 0 saturated carbocycles. The second kappa shape index (κ2) is 7.52. The summed E-state index contributed by atoms with van der Waals surface area (Å²) in [4.78, 5) is 28.4. The van der Waals surface area contributed by atoms with E-state index in [-0.39, 0.29) is 29.4 Å². The van der Waals surface area contributed by atoms with Crippen molar-refractivity contribution < 1.29 is 19.1 Å². The Hall–Kier alpha value is -1.95. The van der Waals surface area contributed by atoms with Gasteiger partial charge in [0.1, 0.15) is 5.82 Å². The second-order valence-electron chi connectivity index (χ2n) is 7.20. The van der Waals surface area contributed by atoms with Crippen LogP contribution in [-0.2, 0) is 4.79 Å². The summed E-state index contributed by atoms with van der Waals surface area (Å²) >= 11 is 0. The number of amides is 2. The molecule has 2 amide bonds. The third-order valence-corrected chi connectivity index (χ3v) is 5.39. The number of carbonyl (C=O) groups excluding carboxylic acids is 2. The maximum absolute atomic E-state index is 14.0. The van der Waals surface area contributed by atoms with Crippen LogP contribution in [-0.4, -0.2) is 59.5 Å². The van der Waals surface area contributed by atoms with Crippen LogP contribution in [0, 0.1) is 11.2 Å². The first-order valence-corrected chi connectivity index (χ1v) is 8.97. The average molecular weight is 348 g/mol. The number of nitrogens with zero attached hydrogens (tertiary/aromatic N) is 2. The molecule has 1 atom stereocenters. The predicted octanol–water partition coefficient (Wildman–Crippen LogP) is 2.05. The molecule has 6 heteroatoms. The van der Waals surface area contributed by atoms with E-state index in [1.54, 1.807) is 17.0 Å². The van der Waals surface area contributed by atoms with Gasteiger partial charge in [-0.05, 0) is 37.8 Å². The van der Waals surface area contributed by atoms with Gasteiger partial charge in [0.2, 0.25) is 5.91 Å². The van der Waals surface area contributed by atoms with Crippen molar-refractivity contribution >= 4 is 11.8 Å². The highest BCUT2D eigenvalue weighted by Crippen LogP contribution is 2.39. The van der Waals surface area contributed by atoms with Crippen LogP contribution >= 0.6 is 0 Å². The van der Waals surface area contributed by atoms with E-state index in [0.29, 0.717) is 39.0 Å². The predicted molar refractivity (Wildman–Crippen MR) is 91.5 cm³/mol. The number of aliphatic hydroxyl groups is 1. The molecule has 0 bridgehead atoms. The molecule has 0 aliphatic carbocycles. The zero-order chi connectivity index (χ0) is 17.9. The number of likely N-dealkylation sites (tertiary alicyclic amines) is 2. The molecule has 2 aliphatic rings. The van der Waals surface area contributed by atoms with Crippen LogP contribution in [0.15, 0.2) is 24.3 Å². The van der Waals surface area contributed by atoms with E-state index in [0.717, 1.165) is 19.3 Å². The quantitative estimate of drug-likeness (QED) is 0.906. The maximum Gasteiger partial charge on any atom is 0.256 e. The van der Waals surface area contributed by atoms with Gasteiger partial charge in [-0.1, -0.05) is 12.1 Å². The number of benzene rings is 1. The number of hydrogen-bond acceptors (Lipinski definition) is 3. The molecule has 2 saturated heterocycles. The minimum absolute atomic E-state index is 0.0642. The van der Waals surface area contributed by atoms with E-state index in [1.807, 2.05) is 4.90 Å². The first-order chi connectivity index (χ1) is 12.0. The molecule has 1 aromatic rings. The Morgan fingerprint density at radius 3 is 2.80 bits per heavy atom. The average Bonchev–Trinajstić information content (AvgIpc) is 2.63. The highest BCUT2D eigenvalue weighted by molar-refractivity contribution is 5.94. The molecule has 3 rings (SSSR count). The summed E-state index contributed by atoms with van der Waals surface area (Å²) < 4.78 is 14.0. The Bertz CT molecular complexity index is 651. The molecule has 1 N–H and O–H groups in total. The fraction of sp³-hybridized carbons (Fsp3) is 0.579. The Balaban J connectivity index is 1.73. The van der Waals surface area contributed by atoms with Gasteiger partial charge >= 0.3 is 0 Å². The van der Waals surface area contributed by atoms with Crippen molar-refractivity contribution in [2.75, 3.05) is 32.8 Å². The van der Waals surface area contributed by atoms with Gasteiger partial charge in [0.15, 0.2) is 0 Å². The summed E-state index contributed by atoms with van der Waals surface area (Å²) in [7, 11) is 0. The topological polar surface area (TPSA) is 60.9 Å². The van der Waals surface area contributed by atoms with Crippen LogP contribution in [0.25, 0.3) is 0 Å². The number of hydrogen-bond donors (Lipinski definition) is 1. The summed E-state index contributed by atoms with van der Waals surface area (Å²) in [5.74, 6) is -0.636.